The highest BCUT2D eigenvalue weighted by Crippen LogP contribution is 2.21. The van der Waals surface area contributed by atoms with E-state index in [4.69, 9.17) is 10.5 Å². The van der Waals surface area contributed by atoms with Crippen LogP contribution in [0.1, 0.15) is 19.4 Å². The van der Waals surface area contributed by atoms with E-state index >= 15 is 0 Å². The van der Waals surface area contributed by atoms with Crippen molar-refractivity contribution in [3.05, 3.63) is 23.8 Å². The van der Waals surface area contributed by atoms with Crippen LogP contribution < -0.4 is 19.9 Å². The van der Waals surface area contributed by atoms with E-state index in [1.54, 1.807) is 36.8 Å². The number of carbonyl (C=O) groups excluding carboxylic acids is 1. The number of benzene rings is 1. The third-order valence-electron chi connectivity index (χ3n) is 2.32. The van der Waals surface area contributed by atoms with E-state index in [0.29, 0.717) is 17.0 Å². The van der Waals surface area contributed by atoms with Gasteiger partial charge in [0.2, 0.25) is 0 Å². The maximum atomic E-state index is 11.6. The quantitative estimate of drug-likeness (QED) is 0.666. The summed E-state index contributed by atoms with van der Waals surface area (Å²) in [7, 11) is -2.52. The largest absolute Gasteiger partial charge is 0.495 e. The first kappa shape index (κ1) is 17.1. The van der Waals surface area contributed by atoms with Crippen molar-refractivity contribution in [2.75, 3.05) is 12.8 Å². The number of methoxy groups -OCH3 is 1. The Hall–Kier alpha value is -2.00. The van der Waals surface area contributed by atoms with Crippen LogP contribution >= 0.6 is 0 Å². The Labute approximate surface area is 123 Å². The van der Waals surface area contributed by atoms with Crippen molar-refractivity contribution in [3.63, 3.8) is 0 Å². The summed E-state index contributed by atoms with van der Waals surface area (Å²) in [5, 5.41) is 0. The van der Waals surface area contributed by atoms with Gasteiger partial charge in [0, 0.05) is 6.54 Å². The molecular weight excluding hydrogens is 298 g/mol. The number of nitrogens with two attached hydrogens (primary N) is 1. The molecule has 1 aromatic rings. The summed E-state index contributed by atoms with van der Waals surface area (Å²) in [4.78, 5) is 11.2. The number of carbonyl (C=O) groups is 1. The number of amides is 1. The number of anilines is 1. The third-order valence-corrected chi connectivity index (χ3v) is 3.28. The summed E-state index contributed by atoms with van der Waals surface area (Å²) in [6.07, 6.45) is -1.45. The standard InChI is InChI=1S/C12H19N3O5S/c1-8(2)20-12(16)15-21(17,18)14-7-9-4-5-11(19-3)10(13)6-9/h4-6,8,14H,7,13H2,1-3H3,(H,15,16). The minimum atomic E-state index is -4.00. The summed E-state index contributed by atoms with van der Waals surface area (Å²) < 4.78 is 36.9. The molecule has 8 nitrogen and oxygen atoms in total. The van der Waals surface area contributed by atoms with Crippen LogP contribution in [0.5, 0.6) is 5.75 Å². The van der Waals surface area contributed by atoms with Gasteiger partial charge < -0.3 is 15.2 Å². The van der Waals surface area contributed by atoms with Gasteiger partial charge in [0.15, 0.2) is 0 Å². The molecule has 0 aliphatic heterocycles. The molecule has 0 atom stereocenters. The van der Waals surface area contributed by atoms with Crippen LogP contribution in [0.2, 0.25) is 0 Å². The first-order chi connectivity index (χ1) is 9.73. The van der Waals surface area contributed by atoms with Crippen LogP contribution in [0, 0.1) is 0 Å². The summed E-state index contributed by atoms with van der Waals surface area (Å²) >= 11 is 0. The number of rotatable bonds is 6. The molecular formula is C12H19N3O5S. The second-order valence-corrected chi connectivity index (χ2v) is 5.96. The van der Waals surface area contributed by atoms with Gasteiger partial charge in [-0.2, -0.15) is 13.1 Å². The Kier molecular flexibility index (Phi) is 5.79. The van der Waals surface area contributed by atoms with E-state index in [-0.39, 0.29) is 6.54 Å². The topological polar surface area (TPSA) is 120 Å². The Balaban J connectivity index is 2.61. The van der Waals surface area contributed by atoms with Crippen LogP contribution in [0.25, 0.3) is 0 Å². The lowest BCUT2D eigenvalue weighted by atomic mass is 10.2. The maximum absolute atomic E-state index is 11.6. The van der Waals surface area contributed by atoms with Crippen molar-refractivity contribution in [3.8, 4) is 5.75 Å². The fourth-order valence-corrected chi connectivity index (χ4v) is 2.15. The van der Waals surface area contributed by atoms with E-state index < -0.39 is 22.4 Å². The van der Waals surface area contributed by atoms with Gasteiger partial charge in [0.25, 0.3) is 0 Å². The minimum absolute atomic E-state index is 0.0293. The Morgan fingerprint density at radius 2 is 2.05 bits per heavy atom. The fraction of sp³-hybridized carbons (Fsp3) is 0.417. The second-order valence-electron chi connectivity index (χ2n) is 4.46. The smallest absolute Gasteiger partial charge is 0.422 e. The fourth-order valence-electron chi connectivity index (χ4n) is 1.46. The number of hydrogen-bond acceptors (Lipinski definition) is 6. The van der Waals surface area contributed by atoms with Gasteiger partial charge in [-0.3, -0.25) is 0 Å². The summed E-state index contributed by atoms with van der Waals surface area (Å²) in [6, 6.07) is 4.86. The highest BCUT2D eigenvalue weighted by atomic mass is 32.2. The Morgan fingerprint density at radius 1 is 1.38 bits per heavy atom. The number of ether oxygens (including phenoxy) is 2. The number of hydrogen-bond donors (Lipinski definition) is 3. The Morgan fingerprint density at radius 3 is 2.57 bits per heavy atom. The average molecular weight is 317 g/mol. The molecule has 0 unspecified atom stereocenters. The minimum Gasteiger partial charge on any atom is -0.495 e. The van der Waals surface area contributed by atoms with Gasteiger partial charge in [-0.25, -0.2) is 9.52 Å². The zero-order valence-corrected chi connectivity index (χ0v) is 12.9. The van der Waals surface area contributed by atoms with Crippen molar-refractivity contribution in [2.45, 2.75) is 26.5 Å². The van der Waals surface area contributed by atoms with Crippen molar-refractivity contribution in [1.82, 2.24) is 9.44 Å². The summed E-state index contributed by atoms with van der Waals surface area (Å²) in [5.74, 6) is 0.500. The molecule has 0 spiro atoms. The first-order valence-electron chi connectivity index (χ1n) is 6.14. The zero-order chi connectivity index (χ0) is 16.0. The van der Waals surface area contributed by atoms with E-state index in [1.807, 2.05) is 0 Å². The normalized spacial score (nSPS) is 11.2. The van der Waals surface area contributed by atoms with Gasteiger partial charge >= 0.3 is 16.3 Å². The lowest BCUT2D eigenvalue weighted by molar-refractivity contribution is 0.121. The second kappa shape index (κ2) is 7.14. The van der Waals surface area contributed by atoms with Crippen LogP contribution in [-0.4, -0.2) is 27.7 Å². The molecule has 0 aliphatic rings. The molecule has 0 bridgehead atoms. The predicted molar refractivity (Wildman–Crippen MR) is 77.9 cm³/mol. The molecule has 1 aromatic carbocycles. The highest BCUT2D eigenvalue weighted by Gasteiger charge is 2.16. The van der Waals surface area contributed by atoms with Gasteiger partial charge in [-0.1, -0.05) is 6.07 Å². The van der Waals surface area contributed by atoms with Gasteiger partial charge in [0.1, 0.15) is 5.75 Å². The number of nitrogen functional groups attached to an aromatic ring is 1. The van der Waals surface area contributed by atoms with Crippen molar-refractivity contribution in [2.24, 2.45) is 0 Å². The monoisotopic (exact) mass is 317 g/mol. The van der Waals surface area contributed by atoms with E-state index in [0.717, 1.165) is 0 Å². The third kappa shape index (κ3) is 5.88. The molecule has 0 saturated carbocycles. The van der Waals surface area contributed by atoms with Crippen molar-refractivity contribution >= 4 is 22.0 Å². The molecule has 9 heteroatoms. The Bertz CT molecular complexity index is 601. The summed E-state index contributed by atoms with van der Waals surface area (Å²) in [6.45, 7) is 3.19. The van der Waals surface area contributed by atoms with Crippen LogP contribution in [0.4, 0.5) is 10.5 Å². The average Bonchev–Trinajstić information content (AvgIpc) is 2.35. The molecule has 118 valence electrons. The van der Waals surface area contributed by atoms with E-state index in [2.05, 4.69) is 9.46 Å². The van der Waals surface area contributed by atoms with Crippen molar-refractivity contribution in [1.29, 1.82) is 0 Å². The SMILES string of the molecule is COc1ccc(CNS(=O)(=O)NC(=O)OC(C)C)cc1N. The zero-order valence-electron chi connectivity index (χ0n) is 12.0. The lowest BCUT2D eigenvalue weighted by Crippen LogP contribution is -2.40. The van der Waals surface area contributed by atoms with Crippen LogP contribution in [0.15, 0.2) is 18.2 Å². The highest BCUT2D eigenvalue weighted by molar-refractivity contribution is 7.88. The van der Waals surface area contributed by atoms with Gasteiger partial charge in [0.05, 0.1) is 18.9 Å². The molecule has 1 rings (SSSR count). The van der Waals surface area contributed by atoms with Gasteiger partial charge in [-0.05, 0) is 31.5 Å². The number of nitrogens with one attached hydrogen (secondary N) is 2. The molecule has 0 aliphatic carbocycles. The van der Waals surface area contributed by atoms with E-state index in [1.165, 1.54) is 7.11 Å². The van der Waals surface area contributed by atoms with Crippen molar-refractivity contribution < 1.29 is 22.7 Å². The molecule has 0 fully saturated rings. The van der Waals surface area contributed by atoms with Crippen LogP contribution in [-0.2, 0) is 21.5 Å². The molecule has 0 aromatic heterocycles. The van der Waals surface area contributed by atoms with Crippen LogP contribution in [0.3, 0.4) is 0 Å². The molecule has 21 heavy (non-hydrogen) atoms. The molecule has 0 heterocycles. The maximum Gasteiger partial charge on any atom is 0.422 e. The molecule has 0 saturated heterocycles. The molecule has 4 N–H and O–H groups in total. The molecule has 1 amide bonds. The first-order valence-corrected chi connectivity index (χ1v) is 7.62. The van der Waals surface area contributed by atoms with Gasteiger partial charge in [-0.15, -0.1) is 0 Å². The molecule has 0 radical (unpaired) electrons. The predicted octanol–water partition coefficient (Wildman–Crippen LogP) is 0.746. The summed E-state index contributed by atoms with van der Waals surface area (Å²) in [5.41, 5.74) is 6.73. The lowest BCUT2D eigenvalue weighted by Gasteiger charge is -2.11. The van der Waals surface area contributed by atoms with E-state index in [9.17, 15) is 13.2 Å².